The molecule has 0 saturated heterocycles. The van der Waals surface area contributed by atoms with Crippen LogP contribution in [-0.4, -0.2) is 0 Å². The Morgan fingerprint density at radius 3 is 0.745 bits per heavy atom. The molecule has 0 aliphatic rings. The Kier molecular flexibility index (Phi) is 14.0. The van der Waals surface area contributed by atoms with Crippen molar-refractivity contribution >= 4 is 0 Å². The molecule has 0 aliphatic carbocycles. The van der Waals surface area contributed by atoms with Gasteiger partial charge in [0.25, 0.3) is 0 Å². The molecular formula is C47H54. The van der Waals surface area contributed by atoms with Gasteiger partial charge in [0.1, 0.15) is 0 Å². The van der Waals surface area contributed by atoms with Gasteiger partial charge in [-0.05, 0) is 77.6 Å². The van der Waals surface area contributed by atoms with Crippen molar-refractivity contribution < 1.29 is 0 Å². The molecule has 0 saturated carbocycles. The van der Waals surface area contributed by atoms with Gasteiger partial charge in [-0.3, -0.25) is 0 Å². The normalized spacial score (nSPS) is 10.3. The van der Waals surface area contributed by atoms with Crippen LogP contribution in [-0.2, 0) is 5.41 Å². The molecule has 0 heteroatoms. The predicted octanol–water partition coefficient (Wildman–Crippen LogP) is 13.2. The maximum atomic E-state index is 2.28. The van der Waals surface area contributed by atoms with Crippen LogP contribution in [0.1, 0.15) is 69.5 Å². The van der Waals surface area contributed by atoms with E-state index in [4.69, 9.17) is 0 Å². The second-order valence-corrected chi connectivity index (χ2v) is 13.4. The van der Waals surface area contributed by atoms with E-state index in [0.717, 1.165) is 0 Å². The highest BCUT2D eigenvalue weighted by Gasteiger charge is 2.22. The summed E-state index contributed by atoms with van der Waals surface area (Å²) in [4.78, 5) is 0. The third kappa shape index (κ3) is 12.6. The molecule has 0 heterocycles. The highest BCUT2D eigenvalue weighted by Crippen LogP contribution is 2.31. The number of hydrogen-bond acceptors (Lipinski definition) is 0. The zero-order chi connectivity index (χ0) is 34.4. The molecule has 6 aromatic rings. The van der Waals surface area contributed by atoms with E-state index in [1.807, 2.05) is 0 Å². The minimum absolute atomic E-state index is 0.0708. The van der Waals surface area contributed by atoms with Gasteiger partial charge in [0.05, 0.1) is 0 Å². The fraction of sp³-hybridized carbons (Fsp3) is 0.234. The maximum absolute atomic E-state index is 2.28. The van der Waals surface area contributed by atoms with Crippen LogP contribution in [0.3, 0.4) is 0 Å². The molecule has 0 N–H and O–H groups in total. The van der Waals surface area contributed by atoms with Gasteiger partial charge in [-0.2, -0.15) is 0 Å². The Balaban J connectivity index is 0.000000179. The maximum Gasteiger partial charge on any atom is 0.0146 e. The Morgan fingerprint density at radius 2 is 0.511 bits per heavy atom. The second kappa shape index (κ2) is 17.9. The van der Waals surface area contributed by atoms with Gasteiger partial charge >= 0.3 is 0 Å². The lowest BCUT2D eigenvalue weighted by Gasteiger charge is -2.26. The van der Waals surface area contributed by atoms with Crippen molar-refractivity contribution in [1.29, 1.82) is 0 Å². The minimum Gasteiger partial charge on any atom is -0.0617 e. The summed E-state index contributed by atoms with van der Waals surface area (Å²) in [7, 11) is 0. The second-order valence-electron chi connectivity index (χ2n) is 13.4. The van der Waals surface area contributed by atoms with E-state index in [9.17, 15) is 0 Å². The SMILES string of the molecule is Cc1ccc(-c2ccc(C)cc2)cc1.Cc1ccc(C(C)(C)c2ccc(C)cc2)cc1.Cc1ccc(C)cc1.Cc1cccc(C)c1. The van der Waals surface area contributed by atoms with Crippen molar-refractivity contribution in [3.63, 3.8) is 0 Å². The average molecular weight is 619 g/mol. The molecular weight excluding hydrogens is 565 g/mol. The number of benzene rings is 6. The first-order valence-electron chi connectivity index (χ1n) is 16.7. The Hall–Kier alpha value is -4.68. The van der Waals surface area contributed by atoms with E-state index in [2.05, 4.69) is 215 Å². The zero-order valence-corrected chi connectivity index (χ0v) is 30.4. The molecule has 6 aromatic carbocycles. The standard InChI is InChI=1S/C17H20.C14H14.2C8H10/c1-13-5-9-15(10-6-13)17(3,4)16-11-7-14(2)8-12-16;1-11-3-7-13(8-4-11)14-9-5-12(2)6-10-14;1-7-3-5-8(2)6-4-7;1-7-4-3-5-8(2)6-7/h5-12H,1-4H3;3-10H,1-2H3;2*3-6H,1-2H3. The molecule has 242 valence electrons. The summed E-state index contributed by atoms with van der Waals surface area (Å²) in [6, 6.07) is 51.9. The van der Waals surface area contributed by atoms with E-state index < -0.39 is 0 Å². The van der Waals surface area contributed by atoms with Gasteiger partial charge in [0.2, 0.25) is 0 Å². The number of aryl methyl sites for hydroxylation is 8. The highest BCUT2D eigenvalue weighted by atomic mass is 14.3. The lowest BCUT2D eigenvalue weighted by molar-refractivity contribution is 0.640. The van der Waals surface area contributed by atoms with Crippen molar-refractivity contribution in [3.05, 3.63) is 201 Å². The molecule has 0 aliphatic heterocycles. The Bertz CT molecular complexity index is 1620. The van der Waals surface area contributed by atoms with Crippen LogP contribution in [0.4, 0.5) is 0 Å². The molecule has 0 atom stereocenters. The van der Waals surface area contributed by atoms with E-state index in [1.165, 1.54) is 66.8 Å². The van der Waals surface area contributed by atoms with Crippen molar-refractivity contribution in [2.45, 2.75) is 74.7 Å². The quantitative estimate of drug-likeness (QED) is 0.185. The zero-order valence-electron chi connectivity index (χ0n) is 30.4. The van der Waals surface area contributed by atoms with E-state index in [-0.39, 0.29) is 5.41 Å². The number of rotatable bonds is 3. The molecule has 0 bridgehead atoms. The van der Waals surface area contributed by atoms with Gasteiger partial charge in [0, 0.05) is 5.41 Å². The van der Waals surface area contributed by atoms with Gasteiger partial charge in [-0.15, -0.1) is 0 Å². The lowest BCUT2D eigenvalue weighted by Crippen LogP contribution is -2.18. The summed E-state index contributed by atoms with van der Waals surface area (Å²) >= 11 is 0. The predicted molar refractivity (Wildman–Crippen MR) is 208 cm³/mol. The Labute approximate surface area is 286 Å². The summed E-state index contributed by atoms with van der Waals surface area (Å²) in [5.74, 6) is 0. The average Bonchev–Trinajstić information content (AvgIpc) is 3.05. The van der Waals surface area contributed by atoms with Crippen LogP contribution >= 0.6 is 0 Å². The van der Waals surface area contributed by atoms with Crippen LogP contribution < -0.4 is 0 Å². The molecule has 0 aromatic heterocycles. The van der Waals surface area contributed by atoms with E-state index in [0.29, 0.717) is 0 Å². The summed E-state index contributed by atoms with van der Waals surface area (Å²) < 4.78 is 0. The van der Waals surface area contributed by atoms with Crippen LogP contribution in [0.2, 0.25) is 0 Å². The number of hydrogen-bond donors (Lipinski definition) is 0. The topological polar surface area (TPSA) is 0 Å². The summed E-state index contributed by atoms with van der Waals surface area (Å²) in [5, 5.41) is 0. The minimum atomic E-state index is 0.0708. The molecule has 47 heavy (non-hydrogen) atoms. The smallest absolute Gasteiger partial charge is 0.0146 e. The van der Waals surface area contributed by atoms with Crippen molar-refractivity contribution in [2.75, 3.05) is 0 Å². The van der Waals surface area contributed by atoms with E-state index >= 15 is 0 Å². The Morgan fingerprint density at radius 1 is 0.277 bits per heavy atom. The van der Waals surface area contributed by atoms with Gasteiger partial charge < -0.3 is 0 Å². The molecule has 0 amide bonds. The molecule has 0 nitrogen and oxygen atoms in total. The third-order valence-corrected chi connectivity index (χ3v) is 8.37. The lowest BCUT2D eigenvalue weighted by atomic mass is 9.78. The largest absolute Gasteiger partial charge is 0.0617 e. The van der Waals surface area contributed by atoms with Crippen LogP contribution in [0.15, 0.2) is 146 Å². The van der Waals surface area contributed by atoms with Gasteiger partial charge in [-0.1, -0.05) is 204 Å². The first-order valence-corrected chi connectivity index (χ1v) is 16.7. The van der Waals surface area contributed by atoms with Gasteiger partial charge in [0.15, 0.2) is 0 Å². The molecule has 0 spiro atoms. The fourth-order valence-electron chi connectivity index (χ4n) is 5.04. The van der Waals surface area contributed by atoms with E-state index in [1.54, 1.807) is 0 Å². The fourth-order valence-corrected chi connectivity index (χ4v) is 5.04. The molecule has 0 fully saturated rings. The summed E-state index contributed by atoms with van der Waals surface area (Å²) in [5.41, 5.74) is 16.0. The monoisotopic (exact) mass is 618 g/mol. The first-order chi connectivity index (χ1) is 22.3. The molecule has 0 radical (unpaired) electrons. The van der Waals surface area contributed by atoms with Crippen molar-refractivity contribution in [2.24, 2.45) is 0 Å². The van der Waals surface area contributed by atoms with Gasteiger partial charge in [-0.25, -0.2) is 0 Å². The summed E-state index contributed by atoms with van der Waals surface area (Å²) in [6.07, 6.45) is 0. The van der Waals surface area contributed by atoms with Crippen LogP contribution in [0, 0.1) is 55.4 Å². The van der Waals surface area contributed by atoms with Crippen molar-refractivity contribution in [1.82, 2.24) is 0 Å². The first kappa shape index (κ1) is 36.8. The third-order valence-electron chi connectivity index (χ3n) is 8.37. The molecule has 0 unspecified atom stereocenters. The summed E-state index contributed by atoms with van der Waals surface area (Å²) in [6.45, 7) is 21.4. The van der Waals surface area contributed by atoms with Crippen LogP contribution in [0.25, 0.3) is 11.1 Å². The highest BCUT2D eigenvalue weighted by molar-refractivity contribution is 5.63. The van der Waals surface area contributed by atoms with Crippen molar-refractivity contribution in [3.8, 4) is 11.1 Å². The van der Waals surface area contributed by atoms with Crippen LogP contribution in [0.5, 0.6) is 0 Å². The molecule has 6 rings (SSSR count).